The van der Waals surface area contributed by atoms with Crippen LogP contribution in [0.5, 0.6) is 0 Å². The van der Waals surface area contributed by atoms with Gasteiger partial charge in [-0.05, 0) is 25.3 Å². The Morgan fingerprint density at radius 2 is 1.91 bits per heavy atom. The molecule has 0 fully saturated rings. The first-order valence-corrected chi connectivity index (χ1v) is 7.98. The number of halogens is 5. The van der Waals surface area contributed by atoms with Gasteiger partial charge in [0.05, 0.1) is 27.0 Å². The Kier molecular flexibility index (Phi) is 6.90. The van der Waals surface area contributed by atoms with Crippen LogP contribution in [-0.2, 0) is 11.0 Å². The normalized spacial score (nSPS) is 13.6. The lowest BCUT2D eigenvalue weighted by atomic mass is 10.2. The topological polar surface area (TPSA) is 41.5 Å². The number of benzene rings is 1. The summed E-state index contributed by atoms with van der Waals surface area (Å²) in [6.07, 6.45) is -0.846. The number of hydrazone groups is 1. The number of anilines is 1. The largest absolute Gasteiger partial charge is 0.416 e. The van der Waals surface area contributed by atoms with Crippen LogP contribution >= 0.6 is 34.6 Å². The zero-order valence-electron chi connectivity index (χ0n) is 11.6. The van der Waals surface area contributed by atoms with E-state index in [1.165, 1.54) is 0 Å². The highest BCUT2D eigenvalue weighted by Gasteiger charge is 2.32. The van der Waals surface area contributed by atoms with Crippen molar-refractivity contribution in [2.24, 2.45) is 5.10 Å². The summed E-state index contributed by atoms with van der Waals surface area (Å²) >= 11 is 12.5. The molecule has 0 aliphatic heterocycles. The van der Waals surface area contributed by atoms with Crippen molar-refractivity contribution in [2.45, 2.75) is 19.5 Å². The Morgan fingerprint density at radius 3 is 2.32 bits per heavy atom. The summed E-state index contributed by atoms with van der Waals surface area (Å²) in [5, 5.41) is 3.59. The molecular formula is C13H12Cl2F3N2OS. The maximum absolute atomic E-state index is 12.6. The van der Waals surface area contributed by atoms with Gasteiger partial charge in [0.1, 0.15) is 0 Å². The summed E-state index contributed by atoms with van der Waals surface area (Å²) in [6.45, 7) is 1.65. The van der Waals surface area contributed by atoms with Gasteiger partial charge in [-0.15, -0.1) is 0 Å². The second kappa shape index (κ2) is 7.99. The van der Waals surface area contributed by atoms with Gasteiger partial charge in [0.15, 0.2) is 0 Å². The molecule has 9 heteroatoms. The molecule has 0 bridgehead atoms. The third-order valence-electron chi connectivity index (χ3n) is 2.63. The number of carbonyl (C=O) groups excluding carboxylic acids is 1. The summed E-state index contributed by atoms with van der Waals surface area (Å²) in [5.74, 6) is 0. The van der Waals surface area contributed by atoms with E-state index in [1.54, 1.807) is 13.2 Å². The molecule has 22 heavy (non-hydrogen) atoms. The molecule has 1 N–H and O–H groups in total. The molecular weight excluding hydrogens is 360 g/mol. The van der Waals surface area contributed by atoms with Crippen molar-refractivity contribution < 1.29 is 18.0 Å². The predicted molar refractivity (Wildman–Crippen MR) is 88.4 cm³/mol. The fourth-order valence-corrected chi connectivity index (χ4v) is 2.65. The van der Waals surface area contributed by atoms with Gasteiger partial charge in [-0.2, -0.15) is 29.6 Å². The Hall–Kier alpha value is -1.05. The third kappa shape index (κ3) is 5.00. The SMILES string of the molecule is C[SH]=C(C[C]=O)C(C)=NNc1c(Cl)cc(C(F)(F)F)cc1Cl. The molecule has 0 aliphatic rings. The number of hydrogen-bond donors (Lipinski definition) is 2. The second-order valence-corrected chi connectivity index (χ2v) is 5.91. The first-order valence-electron chi connectivity index (χ1n) is 5.88. The van der Waals surface area contributed by atoms with Gasteiger partial charge < -0.3 is 0 Å². The molecule has 121 valence electrons. The summed E-state index contributed by atoms with van der Waals surface area (Å²) in [5.41, 5.74) is 2.17. The van der Waals surface area contributed by atoms with Crippen molar-refractivity contribution in [3.63, 3.8) is 0 Å². The quantitative estimate of drug-likeness (QED) is 0.344. The van der Waals surface area contributed by atoms with Crippen molar-refractivity contribution in [1.82, 2.24) is 0 Å². The van der Waals surface area contributed by atoms with Crippen LogP contribution in [-0.4, -0.2) is 23.1 Å². The van der Waals surface area contributed by atoms with Crippen LogP contribution < -0.4 is 5.43 Å². The molecule has 1 aromatic rings. The van der Waals surface area contributed by atoms with E-state index in [2.05, 4.69) is 10.5 Å². The van der Waals surface area contributed by atoms with E-state index >= 15 is 0 Å². The van der Waals surface area contributed by atoms with Gasteiger partial charge in [-0.1, -0.05) is 23.2 Å². The standard InChI is InChI=1S/C13H12Cl2F3N2OS/c1-7(11(22-2)3-4-21)19-20-12-9(14)5-8(6-10(12)15)13(16,17)18/h5-6,20,22H,3H2,1-2H3. The molecule has 0 amide bonds. The van der Waals surface area contributed by atoms with Crippen molar-refractivity contribution in [2.75, 3.05) is 11.7 Å². The fourth-order valence-electron chi connectivity index (χ4n) is 1.49. The van der Waals surface area contributed by atoms with Crippen LogP contribution in [0, 0.1) is 0 Å². The van der Waals surface area contributed by atoms with Gasteiger partial charge in [0.2, 0.25) is 6.29 Å². The van der Waals surface area contributed by atoms with Crippen LogP contribution in [0.25, 0.3) is 0 Å². The lowest BCUT2D eigenvalue weighted by Gasteiger charge is -2.12. The smallest absolute Gasteiger partial charge is 0.290 e. The summed E-state index contributed by atoms with van der Waals surface area (Å²) in [4.78, 5) is 11.1. The highest BCUT2D eigenvalue weighted by Crippen LogP contribution is 2.38. The lowest BCUT2D eigenvalue weighted by Crippen LogP contribution is -2.11. The van der Waals surface area contributed by atoms with E-state index < -0.39 is 11.7 Å². The summed E-state index contributed by atoms with van der Waals surface area (Å²) < 4.78 is 37.9. The maximum Gasteiger partial charge on any atom is 0.416 e. The molecule has 1 radical (unpaired) electrons. The van der Waals surface area contributed by atoms with E-state index in [1.807, 2.05) is 6.26 Å². The molecule has 1 aromatic carbocycles. The van der Waals surface area contributed by atoms with Crippen molar-refractivity contribution >= 4 is 57.1 Å². The third-order valence-corrected chi connectivity index (χ3v) is 4.25. The van der Waals surface area contributed by atoms with Crippen molar-refractivity contribution in [3.8, 4) is 0 Å². The minimum Gasteiger partial charge on any atom is -0.290 e. The summed E-state index contributed by atoms with van der Waals surface area (Å²) in [6, 6.07) is 1.53. The minimum atomic E-state index is -4.53. The Balaban J connectivity index is 3.07. The van der Waals surface area contributed by atoms with E-state index in [0.717, 1.165) is 28.3 Å². The van der Waals surface area contributed by atoms with Gasteiger partial charge >= 0.3 is 6.18 Å². The molecule has 0 spiro atoms. The Labute approximate surface area is 139 Å². The van der Waals surface area contributed by atoms with E-state index in [4.69, 9.17) is 23.2 Å². The van der Waals surface area contributed by atoms with Gasteiger partial charge in [0.25, 0.3) is 0 Å². The minimum absolute atomic E-state index is 0.0675. The van der Waals surface area contributed by atoms with E-state index in [0.29, 0.717) is 5.71 Å². The average molecular weight is 372 g/mol. The zero-order chi connectivity index (χ0) is 16.9. The Bertz CT molecular complexity index is 607. The highest BCUT2D eigenvalue weighted by atomic mass is 35.5. The first-order chi connectivity index (χ1) is 10.2. The number of nitrogens with one attached hydrogen (secondary N) is 1. The Morgan fingerprint density at radius 1 is 1.36 bits per heavy atom. The van der Waals surface area contributed by atoms with Crippen LogP contribution in [0.1, 0.15) is 18.9 Å². The van der Waals surface area contributed by atoms with Crippen LogP contribution in [0.2, 0.25) is 10.0 Å². The molecule has 0 aromatic heterocycles. The second-order valence-electron chi connectivity index (χ2n) is 4.11. The lowest BCUT2D eigenvalue weighted by molar-refractivity contribution is -0.137. The van der Waals surface area contributed by atoms with E-state index in [9.17, 15) is 18.0 Å². The molecule has 0 atom stereocenters. The molecule has 0 aliphatic carbocycles. The molecule has 0 unspecified atom stereocenters. The highest BCUT2D eigenvalue weighted by molar-refractivity contribution is 7.99. The van der Waals surface area contributed by atoms with Crippen molar-refractivity contribution in [3.05, 3.63) is 27.7 Å². The van der Waals surface area contributed by atoms with E-state index in [-0.39, 0.29) is 22.2 Å². The molecule has 0 saturated carbocycles. The van der Waals surface area contributed by atoms with Gasteiger partial charge in [0, 0.05) is 11.3 Å². The van der Waals surface area contributed by atoms with Crippen LogP contribution in [0.15, 0.2) is 17.2 Å². The van der Waals surface area contributed by atoms with Crippen LogP contribution in [0.3, 0.4) is 0 Å². The monoisotopic (exact) mass is 371 g/mol. The maximum atomic E-state index is 12.6. The summed E-state index contributed by atoms with van der Waals surface area (Å²) in [7, 11) is 0. The molecule has 3 nitrogen and oxygen atoms in total. The zero-order valence-corrected chi connectivity index (χ0v) is 14.0. The fraction of sp³-hybridized carbons (Fsp3) is 0.308. The average Bonchev–Trinajstić information content (AvgIpc) is 2.42. The molecule has 1 rings (SSSR count). The predicted octanol–water partition coefficient (Wildman–Crippen LogP) is 4.57. The van der Waals surface area contributed by atoms with Gasteiger partial charge in [-0.25, -0.2) is 0 Å². The number of thiol groups is 1. The number of nitrogens with zero attached hydrogens (tertiary/aromatic N) is 1. The molecule has 0 saturated heterocycles. The van der Waals surface area contributed by atoms with Crippen molar-refractivity contribution in [1.29, 1.82) is 0 Å². The van der Waals surface area contributed by atoms with Gasteiger partial charge in [-0.3, -0.25) is 10.2 Å². The van der Waals surface area contributed by atoms with Crippen LogP contribution in [0.4, 0.5) is 18.9 Å². The number of hydrogen-bond acceptors (Lipinski definition) is 3. The molecule has 0 heterocycles. The first kappa shape index (κ1) is 19.0. The number of alkyl halides is 3. The number of rotatable bonds is 5.